The Labute approximate surface area is 117 Å². The van der Waals surface area contributed by atoms with Gasteiger partial charge in [-0.2, -0.15) is 0 Å². The average molecular weight is 268 g/mol. The monoisotopic (exact) mass is 268 g/mol. The highest BCUT2D eigenvalue weighted by Gasteiger charge is 2.07. The number of rotatable bonds is 10. The molecule has 0 aromatic carbocycles. The summed E-state index contributed by atoms with van der Waals surface area (Å²) in [6.45, 7) is 13.9. The second-order valence-corrected chi connectivity index (χ2v) is 4.98. The minimum absolute atomic E-state index is 0.460. The first kappa shape index (κ1) is 16.2. The molecule has 4 nitrogen and oxygen atoms in total. The number of likely N-dealkylation sites (N-methyl/N-ethyl adjacent to an activating group) is 1. The molecule has 0 saturated heterocycles. The van der Waals surface area contributed by atoms with E-state index in [9.17, 15) is 0 Å². The van der Waals surface area contributed by atoms with Crippen molar-refractivity contribution in [3.05, 3.63) is 23.7 Å². The molecule has 1 rings (SSSR count). The topological polar surface area (TPSA) is 37.6 Å². The van der Waals surface area contributed by atoms with E-state index < -0.39 is 0 Å². The molecule has 4 heteroatoms. The Hall–Kier alpha value is -0.840. The van der Waals surface area contributed by atoms with Gasteiger partial charge in [0.1, 0.15) is 5.76 Å². The molecule has 0 aliphatic carbocycles. The Balaban J connectivity index is 2.27. The summed E-state index contributed by atoms with van der Waals surface area (Å²) in [4.78, 5) is 2.36. The first-order chi connectivity index (χ1) is 9.17. The van der Waals surface area contributed by atoms with Gasteiger partial charge in [0.25, 0.3) is 0 Å². The Morgan fingerprint density at radius 1 is 1.32 bits per heavy atom. The van der Waals surface area contributed by atoms with Gasteiger partial charge in [0, 0.05) is 18.2 Å². The lowest BCUT2D eigenvalue weighted by molar-refractivity contribution is 0.0946. The van der Waals surface area contributed by atoms with Gasteiger partial charge in [-0.1, -0.05) is 27.7 Å². The van der Waals surface area contributed by atoms with E-state index in [4.69, 9.17) is 9.15 Å². The van der Waals surface area contributed by atoms with Crippen LogP contribution in [0.1, 0.15) is 39.0 Å². The lowest BCUT2D eigenvalue weighted by Crippen LogP contribution is -2.27. The molecule has 19 heavy (non-hydrogen) atoms. The van der Waals surface area contributed by atoms with Crippen molar-refractivity contribution in [1.82, 2.24) is 10.2 Å². The summed E-state index contributed by atoms with van der Waals surface area (Å²) in [6, 6.07) is 2.45. The fourth-order valence-electron chi connectivity index (χ4n) is 1.86. The van der Waals surface area contributed by atoms with Gasteiger partial charge < -0.3 is 19.4 Å². The number of nitrogens with one attached hydrogen (secondary N) is 1. The van der Waals surface area contributed by atoms with Crippen molar-refractivity contribution >= 4 is 0 Å². The third kappa shape index (κ3) is 6.23. The van der Waals surface area contributed by atoms with Crippen LogP contribution in [0.15, 0.2) is 16.7 Å². The van der Waals surface area contributed by atoms with Gasteiger partial charge in [-0.15, -0.1) is 0 Å². The smallest absolute Gasteiger partial charge is 0.123 e. The van der Waals surface area contributed by atoms with Crippen molar-refractivity contribution in [2.45, 2.75) is 46.9 Å². The van der Waals surface area contributed by atoms with Crippen LogP contribution in [0.5, 0.6) is 0 Å². The summed E-state index contributed by atoms with van der Waals surface area (Å²) in [6.07, 6.45) is 1.74. The highest BCUT2D eigenvalue weighted by atomic mass is 16.5. The van der Waals surface area contributed by atoms with Crippen LogP contribution in [0.25, 0.3) is 0 Å². The molecule has 0 saturated carbocycles. The van der Waals surface area contributed by atoms with Crippen molar-refractivity contribution in [1.29, 1.82) is 0 Å². The number of hydrogen-bond acceptors (Lipinski definition) is 4. The normalized spacial score (nSPS) is 11.7. The zero-order valence-corrected chi connectivity index (χ0v) is 12.7. The second kappa shape index (κ2) is 9.13. The molecule has 0 unspecified atom stereocenters. The Bertz CT molecular complexity index is 333. The van der Waals surface area contributed by atoms with Crippen molar-refractivity contribution in [3.63, 3.8) is 0 Å². The molecule has 0 amide bonds. The van der Waals surface area contributed by atoms with Crippen molar-refractivity contribution < 1.29 is 9.15 Å². The molecule has 1 heterocycles. The molecule has 0 aliphatic rings. The third-order valence-electron chi connectivity index (χ3n) is 3.21. The maximum Gasteiger partial charge on any atom is 0.123 e. The zero-order valence-electron chi connectivity index (χ0n) is 12.7. The van der Waals surface area contributed by atoms with Crippen LogP contribution >= 0.6 is 0 Å². The fourth-order valence-corrected chi connectivity index (χ4v) is 1.86. The minimum atomic E-state index is 0.460. The van der Waals surface area contributed by atoms with Crippen LogP contribution in [-0.2, 0) is 17.9 Å². The van der Waals surface area contributed by atoms with E-state index in [1.165, 1.54) is 0 Å². The molecule has 1 aromatic heterocycles. The molecule has 0 spiro atoms. The largest absolute Gasteiger partial charge is 0.468 e. The standard InChI is InChI=1S/C15H28N2O2/c1-5-17(6-2)8-10-18-12-14-7-9-19-15(14)11-16-13(3)4/h7,9,13,16H,5-6,8,10-12H2,1-4H3. The molecule has 1 aromatic rings. The SMILES string of the molecule is CCN(CC)CCOCc1ccoc1CNC(C)C. The Kier molecular flexibility index (Phi) is 7.79. The molecular formula is C15H28N2O2. The predicted octanol–water partition coefficient (Wildman–Crippen LogP) is 2.64. The number of furan rings is 1. The van der Waals surface area contributed by atoms with E-state index in [0.29, 0.717) is 12.6 Å². The van der Waals surface area contributed by atoms with E-state index in [0.717, 1.165) is 44.1 Å². The fraction of sp³-hybridized carbons (Fsp3) is 0.733. The van der Waals surface area contributed by atoms with Crippen LogP contribution in [0.4, 0.5) is 0 Å². The number of ether oxygens (including phenoxy) is 1. The summed E-state index contributed by atoms with van der Waals surface area (Å²) < 4.78 is 11.2. The van der Waals surface area contributed by atoms with Gasteiger partial charge in [0.05, 0.1) is 26.0 Å². The zero-order chi connectivity index (χ0) is 14.1. The predicted molar refractivity (Wildman–Crippen MR) is 78.1 cm³/mol. The minimum Gasteiger partial charge on any atom is -0.468 e. The van der Waals surface area contributed by atoms with E-state index in [-0.39, 0.29) is 0 Å². The quantitative estimate of drug-likeness (QED) is 0.662. The number of nitrogens with zero attached hydrogens (tertiary/aromatic N) is 1. The summed E-state index contributed by atoms with van der Waals surface area (Å²) >= 11 is 0. The number of hydrogen-bond donors (Lipinski definition) is 1. The molecule has 0 aliphatic heterocycles. The highest BCUT2D eigenvalue weighted by molar-refractivity contribution is 5.15. The molecule has 1 N–H and O–H groups in total. The lowest BCUT2D eigenvalue weighted by Gasteiger charge is -2.17. The van der Waals surface area contributed by atoms with Crippen LogP contribution < -0.4 is 5.32 Å². The van der Waals surface area contributed by atoms with E-state index in [1.54, 1.807) is 6.26 Å². The van der Waals surface area contributed by atoms with Crippen LogP contribution in [-0.4, -0.2) is 37.2 Å². The summed E-state index contributed by atoms with van der Waals surface area (Å²) in [5, 5.41) is 3.36. The van der Waals surface area contributed by atoms with Gasteiger partial charge in [-0.25, -0.2) is 0 Å². The molecular weight excluding hydrogens is 240 g/mol. The molecule has 0 fully saturated rings. The second-order valence-electron chi connectivity index (χ2n) is 4.98. The van der Waals surface area contributed by atoms with Crippen LogP contribution in [0.3, 0.4) is 0 Å². The highest BCUT2D eigenvalue weighted by Crippen LogP contribution is 2.12. The molecule has 0 atom stereocenters. The van der Waals surface area contributed by atoms with Gasteiger partial charge >= 0.3 is 0 Å². The first-order valence-electron chi connectivity index (χ1n) is 7.26. The molecule has 0 radical (unpaired) electrons. The van der Waals surface area contributed by atoms with Crippen molar-refractivity contribution in [2.24, 2.45) is 0 Å². The van der Waals surface area contributed by atoms with Gasteiger partial charge in [0.15, 0.2) is 0 Å². The van der Waals surface area contributed by atoms with Gasteiger partial charge in [-0.3, -0.25) is 0 Å². The van der Waals surface area contributed by atoms with Gasteiger partial charge in [-0.05, 0) is 19.2 Å². The lowest BCUT2D eigenvalue weighted by atomic mass is 10.2. The maximum atomic E-state index is 5.73. The Morgan fingerprint density at radius 3 is 2.68 bits per heavy atom. The van der Waals surface area contributed by atoms with Gasteiger partial charge in [0.2, 0.25) is 0 Å². The van der Waals surface area contributed by atoms with Crippen molar-refractivity contribution in [3.8, 4) is 0 Å². The van der Waals surface area contributed by atoms with E-state index in [1.807, 2.05) is 6.07 Å². The van der Waals surface area contributed by atoms with Crippen LogP contribution in [0.2, 0.25) is 0 Å². The maximum absolute atomic E-state index is 5.73. The summed E-state index contributed by atoms with van der Waals surface area (Å²) in [7, 11) is 0. The molecule has 0 bridgehead atoms. The molecule has 110 valence electrons. The third-order valence-corrected chi connectivity index (χ3v) is 3.21. The van der Waals surface area contributed by atoms with E-state index >= 15 is 0 Å². The Morgan fingerprint density at radius 2 is 2.05 bits per heavy atom. The summed E-state index contributed by atoms with van der Waals surface area (Å²) in [5.74, 6) is 0.983. The van der Waals surface area contributed by atoms with Crippen LogP contribution in [0, 0.1) is 0 Å². The first-order valence-corrected chi connectivity index (χ1v) is 7.26. The van der Waals surface area contributed by atoms with Crippen molar-refractivity contribution in [2.75, 3.05) is 26.2 Å². The average Bonchev–Trinajstić information content (AvgIpc) is 2.84. The summed E-state index contributed by atoms with van der Waals surface area (Å²) in [5.41, 5.74) is 1.15. The van der Waals surface area contributed by atoms with E-state index in [2.05, 4.69) is 37.9 Å².